The minimum Gasteiger partial charge on any atom is -0.351 e. The third kappa shape index (κ3) is 5.84. The van der Waals surface area contributed by atoms with Gasteiger partial charge in [-0.15, -0.1) is 0 Å². The molecule has 0 saturated carbocycles. The summed E-state index contributed by atoms with van der Waals surface area (Å²) in [7, 11) is 0. The quantitative estimate of drug-likeness (QED) is 0.540. The van der Waals surface area contributed by atoms with Gasteiger partial charge in [-0.3, -0.25) is 9.52 Å². The van der Waals surface area contributed by atoms with E-state index in [2.05, 4.69) is 20.1 Å². The molecular weight excluding hydrogens is 341 g/mol. The van der Waals surface area contributed by atoms with Crippen LogP contribution in [0.4, 0.5) is 4.39 Å². The van der Waals surface area contributed by atoms with Crippen LogP contribution in [0.2, 0.25) is 0 Å². The van der Waals surface area contributed by atoms with Crippen molar-refractivity contribution in [2.24, 2.45) is 0 Å². The van der Waals surface area contributed by atoms with Gasteiger partial charge in [0.25, 0.3) is 5.91 Å². The third-order valence-corrected chi connectivity index (χ3v) is 3.64. The minimum absolute atomic E-state index is 0.147. The van der Waals surface area contributed by atoms with Gasteiger partial charge in [0, 0.05) is 25.0 Å². The van der Waals surface area contributed by atoms with Crippen molar-refractivity contribution in [1.82, 2.24) is 24.6 Å². The Labute approximate surface area is 150 Å². The highest BCUT2D eigenvalue weighted by atomic mass is 32.2. The first-order valence-corrected chi connectivity index (χ1v) is 8.90. The van der Waals surface area contributed by atoms with Crippen molar-refractivity contribution in [2.45, 2.75) is 6.92 Å². The van der Waals surface area contributed by atoms with Gasteiger partial charge in [0.05, 0.1) is 6.20 Å². The Kier molecular flexibility index (Phi) is 7.36. The van der Waals surface area contributed by atoms with Crippen LogP contribution in [-0.4, -0.2) is 39.9 Å². The summed E-state index contributed by atoms with van der Waals surface area (Å²) in [5, 5.41) is 6.92. The molecule has 1 amide bonds. The molecule has 3 rings (SSSR count). The lowest BCUT2D eigenvalue weighted by Crippen LogP contribution is -2.29. The Balaban J connectivity index is 0.000000269. The number of amides is 1. The lowest BCUT2D eigenvalue weighted by molar-refractivity contribution is 0.0956. The van der Waals surface area contributed by atoms with E-state index in [1.54, 1.807) is 35.1 Å². The first-order chi connectivity index (χ1) is 12.1. The molecule has 8 heteroatoms. The van der Waals surface area contributed by atoms with Crippen molar-refractivity contribution in [2.75, 3.05) is 19.3 Å². The summed E-state index contributed by atoms with van der Waals surface area (Å²) < 4.78 is 16.6. The van der Waals surface area contributed by atoms with Gasteiger partial charge in [0.2, 0.25) is 0 Å². The number of rotatable bonds is 5. The van der Waals surface area contributed by atoms with Crippen molar-refractivity contribution >= 4 is 23.5 Å². The van der Waals surface area contributed by atoms with E-state index >= 15 is 0 Å². The second-order valence-corrected chi connectivity index (χ2v) is 5.74. The monoisotopic (exact) mass is 361 g/mol. The van der Waals surface area contributed by atoms with Crippen LogP contribution in [0, 0.1) is 12.7 Å². The highest BCUT2D eigenvalue weighted by Gasteiger charge is 2.13. The molecule has 0 aliphatic rings. The van der Waals surface area contributed by atoms with Gasteiger partial charge in [-0.1, -0.05) is 30.1 Å². The normalized spacial score (nSPS) is 10.2. The lowest BCUT2D eigenvalue weighted by atomic mass is 10.3. The first-order valence-electron chi connectivity index (χ1n) is 7.67. The van der Waals surface area contributed by atoms with E-state index in [0.29, 0.717) is 17.8 Å². The fraction of sp³-hybridized carbons (Fsp3) is 0.235. The fourth-order valence-electron chi connectivity index (χ4n) is 1.96. The number of hydrogen-bond acceptors (Lipinski definition) is 5. The van der Waals surface area contributed by atoms with Crippen LogP contribution < -0.4 is 10.0 Å². The molecule has 0 aliphatic carbocycles. The average molecular weight is 361 g/mol. The number of fused-ring (bicyclic) bond motifs is 1. The Hall–Kier alpha value is -2.45. The summed E-state index contributed by atoms with van der Waals surface area (Å²) in [5.74, 6) is -0.325. The van der Waals surface area contributed by atoms with E-state index in [4.69, 9.17) is 0 Å². The third-order valence-electron chi connectivity index (χ3n) is 3.14. The van der Waals surface area contributed by atoms with Crippen LogP contribution in [0.1, 0.15) is 16.1 Å². The number of nitrogens with zero attached hydrogens (tertiary/aromatic N) is 3. The largest absolute Gasteiger partial charge is 0.351 e. The predicted molar refractivity (Wildman–Crippen MR) is 98.0 cm³/mol. The number of hydrogen-bond donors (Lipinski definition) is 2. The van der Waals surface area contributed by atoms with Crippen molar-refractivity contribution in [1.29, 1.82) is 0 Å². The van der Waals surface area contributed by atoms with Gasteiger partial charge in [-0.25, -0.2) is 13.9 Å². The summed E-state index contributed by atoms with van der Waals surface area (Å²) in [4.78, 5) is 16.3. The molecule has 2 aromatic heterocycles. The number of aryl methyl sites for hydroxylation is 1. The molecule has 0 atom stereocenters. The molecule has 25 heavy (non-hydrogen) atoms. The smallest absolute Gasteiger partial charge is 0.256 e. The van der Waals surface area contributed by atoms with Crippen LogP contribution in [0.15, 0.2) is 48.8 Å². The summed E-state index contributed by atoms with van der Waals surface area (Å²) in [6.07, 6.45) is 5.28. The number of halogens is 1. The molecule has 0 fully saturated rings. The van der Waals surface area contributed by atoms with Gasteiger partial charge >= 0.3 is 0 Å². The zero-order valence-corrected chi connectivity index (χ0v) is 14.9. The number of carbonyl (C=O) groups is 1. The van der Waals surface area contributed by atoms with Crippen LogP contribution in [-0.2, 0) is 0 Å². The van der Waals surface area contributed by atoms with Gasteiger partial charge < -0.3 is 5.32 Å². The maximum atomic E-state index is 12.0. The molecule has 132 valence electrons. The maximum Gasteiger partial charge on any atom is 0.256 e. The summed E-state index contributed by atoms with van der Waals surface area (Å²) in [6.45, 7) is 3.18. The molecule has 0 aliphatic heterocycles. The maximum absolute atomic E-state index is 12.0. The average Bonchev–Trinajstić information content (AvgIpc) is 3.03. The zero-order valence-electron chi connectivity index (χ0n) is 14.1. The number of aromatic nitrogens is 3. The van der Waals surface area contributed by atoms with Crippen LogP contribution >= 0.6 is 11.9 Å². The minimum atomic E-state index is -0.178. The van der Waals surface area contributed by atoms with Crippen LogP contribution in [0.3, 0.4) is 0 Å². The van der Waals surface area contributed by atoms with E-state index in [0.717, 1.165) is 12.2 Å². The zero-order chi connectivity index (χ0) is 18.1. The summed E-state index contributed by atoms with van der Waals surface area (Å²) in [5.41, 5.74) is 1.95. The highest BCUT2D eigenvalue weighted by molar-refractivity contribution is 7.96. The molecule has 6 nitrogen and oxygen atoms in total. The fourth-order valence-corrected chi connectivity index (χ4v) is 2.26. The number of carbonyl (C=O) groups excluding carboxylic acids is 1. The van der Waals surface area contributed by atoms with Gasteiger partial charge in [0.15, 0.2) is 5.65 Å². The SMILES string of the molecule is CSNCCNC(=O)c1cnn2ccc(C)nc12.Fc1ccccc1. The molecule has 0 unspecified atom stereocenters. The molecule has 0 radical (unpaired) electrons. The van der Waals surface area contributed by atoms with E-state index in [-0.39, 0.29) is 11.7 Å². The second kappa shape index (κ2) is 9.75. The number of nitrogens with one attached hydrogen (secondary N) is 2. The molecule has 1 aromatic carbocycles. The van der Waals surface area contributed by atoms with Gasteiger partial charge in [-0.05, 0) is 31.4 Å². The van der Waals surface area contributed by atoms with E-state index in [9.17, 15) is 9.18 Å². The summed E-state index contributed by atoms with van der Waals surface area (Å²) >= 11 is 1.53. The molecule has 0 bridgehead atoms. The number of benzene rings is 1. The Morgan fingerprint density at radius 2 is 2.00 bits per heavy atom. The van der Waals surface area contributed by atoms with Gasteiger partial charge in [-0.2, -0.15) is 5.10 Å². The Bertz CT molecular complexity index is 809. The van der Waals surface area contributed by atoms with E-state index < -0.39 is 0 Å². The molecular formula is C17H20FN5OS. The topological polar surface area (TPSA) is 71.3 Å². The van der Waals surface area contributed by atoms with E-state index in [1.165, 1.54) is 24.1 Å². The molecule has 2 heterocycles. The molecule has 0 saturated heterocycles. The predicted octanol–water partition coefficient (Wildman–Crippen LogP) is 2.46. The van der Waals surface area contributed by atoms with Gasteiger partial charge in [0.1, 0.15) is 11.4 Å². The van der Waals surface area contributed by atoms with Crippen molar-refractivity contribution in [3.05, 3.63) is 65.9 Å². The molecule has 3 aromatic rings. The molecule has 0 spiro atoms. The first kappa shape index (κ1) is 18.9. The van der Waals surface area contributed by atoms with Crippen molar-refractivity contribution in [3.8, 4) is 0 Å². The second-order valence-electron chi connectivity index (χ2n) is 5.05. The van der Waals surface area contributed by atoms with Crippen LogP contribution in [0.25, 0.3) is 5.65 Å². The Morgan fingerprint density at radius 1 is 1.24 bits per heavy atom. The van der Waals surface area contributed by atoms with E-state index in [1.807, 2.05) is 19.2 Å². The van der Waals surface area contributed by atoms with Crippen molar-refractivity contribution < 1.29 is 9.18 Å². The Morgan fingerprint density at radius 3 is 2.64 bits per heavy atom. The van der Waals surface area contributed by atoms with Crippen molar-refractivity contribution in [3.63, 3.8) is 0 Å². The standard InChI is InChI=1S/C11H15N5OS.C6H5F/c1-8-3-6-16-10(15-8)9(7-13-16)11(17)12-4-5-14-18-2;7-6-4-2-1-3-5-6/h3,6-7,14H,4-5H2,1-2H3,(H,12,17);1-5H. The molecule has 2 N–H and O–H groups in total. The lowest BCUT2D eigenvalue weighted by Gasteiger charge is -2.03. The summed E-state index contributed by atoms with van der Waals surface area (Å²) in [6, 6.07) is 9.79. The van der Waals surface area contributed by atoms with Crippen LogP contribution in [0.5, 0.6) is 0 Å². The highest BCUT2D eigenvalue weighted by Crippen LogP contribution is 2.08.